The first kappa shape index (κ1) is 18.0. The molecule has 2 aromatic rings. The van der Waals surface area contributed by atoms with Gasteiger partial charge in [0.05, 0.1) is 12.1 Å². The number of rotatable bonds is 4. The molecule has 26 heavy (non-hydrogen) atoms. The normalized spacial score (nSPS) is 18.0. The summed E-state index contributed by atoms with van der Waals surface area (Å²) in [5, 5.41) is 9.23. The van der Waals surface area contributed by atoms with E-state index in [4.69, 9.17) is 5.73 Å². The fraction of sp³-hybridized carbons (Fsp3) is 0.300. The van der Waals surface area contributed by atoms with Crippen LogP contribution >= 0.6 is 0 Å². The van der Waals surface area contributed by atoms with Crippen LogP contribution in [0.5, 0.6) is 0 Å². The van der Waals surface area contributed by atoms with Gasteiger partial charge in [0.15, 0.2) is 0 Å². The number of halogens is 2. The maximum absolute atomic E-state index is 13.3. The highest BCUT2D eigenvalue weighted by atomic mass is 19.1. The molecule has 6 heteroatoms. The van der Waals surface area contributed by atoms with E-state index in [1.54, 1.807) is 24.3 Å². The molecule has 1 aliphatic rings. The molecule has 1 aliphatic heterocycles. The molecule has 1 saturated heterocycles. The van der Waals surface area contributed by atoms with Crippen molar-refractivity contribution in [3.05, 3.63) is 71.3 Å². The second-order valence-electron chi connectivity index (χ2n) is 6.43. The highest BCUT2D eigenvalue weighted by molar-refractivity contribution is 5.84. The number of nitrogens with two attached hydrogens (primary N) is 1. The molecule has 1 fully saturated rings. The number of amides is 1. The minimum absolute atomic E-state index is 0.326. The van der Waals surface area contributed by atoms with E-state index in [1.165, 1.54) is 29.2 Å². The Hall–Kier alpha value is -2.78. The highest BCUT2D eigenvalue weighted by Crippen LogP contribution is 2.30. The van der Waals surface area contributed by atoms with E-state index in [0.717, 1.165) is 6.42 Å². The summed E-state index contributed by atoms with van der Waals surface area (Å²) in [5.74, 6) is -1.68. The molecule has 0 aromatic heterocycles. The minimum atomic E-state index is -0.958. The number of carbonyl (C=O) groups excluding carboxylic acids is 1. The Labute approximate surface area is 150 Å². The Morgan fingerprint density at radius 1 is 1.08 bits per heavy atom. The monoisotopic (exact) mass is 355 g/mol. The van der Waals surface area contributed by atoms with Crippen molar-refractivity contribution in [1.82, 2.24) is 4.90 Å². The van der Waals surface area contributed by atoms with Crippen LogP contribution in [0, 0.1) is 23.0 Å². The number of benzene rings is 2. The summed E-state index contributed by atoms with van der Waals surface area (Å²) >= 11 is 0. The van der Waals surface area contributed by atoms with Crippen LogP contribution in [0.4, 0.5) is 8.78 Å². The average molecular weight is 355 g/mol. The molecule has 0 aliphatic carbocycles. The van der Waals surface area contributed by atoms with E-state index in [1.807, 2.05) is 0 Å². The van der Waals surface area contributed by atoms with Crippen LogP contribution in [-0.4, -0.2) is 29.4 Å². The molecular weight excluding hydrogens is 336 g/mol. The number of likely N-dealkylation sites (tertiary alicyclic amines) is 1. The topological polar surface area (TPSA) is 70.1 Å². The molecule has 0 unspecified atom stereocenters. The second-order valence-corrected chi connectivity index (χ2v) is 6.43. The van der Waals surface area contributed by atoms with Gasteiger partial charge in [-0.1, -0.05) is 24.3 Å². The summed E-state index contributed by atoms with van der Waals surface area (Å²) in [5.41, 5.74) is 7.63. The van der Waals surface area contributed by atoms with Crippen LogP contribution in [-0.2, 0) is 4.79 Å². The third-order valence-electron chi connectivity index (χ3n) is 4.79. The quantitative estimate of drug-likeness (QED) is 0.917. The SMILES string of the molecule is N#C[C@@H]1CCCN1C(=O)[C@@H](N)C(c1ccc(F)cc1)c1ccc(F)cc1. The Morgan fingerprint density at radius 2 is 1.58 bits per heavy atom. The second kappa shape index (κ2) is 7.63. The van der Waals surface area contributed by atoms with Crippen molar-refractivity contribution in [2.24, 2.45) is 5.73 Å². The van der Waals surface area contributed by atoms with Gasteiger partial charge in [-0.15, -0.1) is 0 Å². The van der Waals surface area contributed by atoms with Gasteiger partial charge in [0.1, 0.15) is 17.7 Å². The predicted molar refractivity (Wildman–Crippen MR) is 93.0 cm³/mol. The van der Waals surface area contributed by atoms with Crippen molar-refractivity contribution >= 4 is 5.91 Å². The zero-order valence-corrected chi connectivity index (χ0v) is 14.1. The van der Waals surface area contributed by atoms with Gasteiger partial charge in [0.25, 0.3) is 0 Å². The maximum Gasteiger partial charge on any atom is 0.241 e. The van der Waals surface area contributed by atoms with Crippen LogP contribution in [0.25, 0.3) is 0 Å². The fourth-order valence-electron chi connectivity index (χ4n) is 3.45. The molecule has 134 valence electrons. The molecule has 2 N–H and O–H groups in total. The van der Waals surface area contributed by atoms with E-state index in [0.29, 0.717) is 24.1 Å². The van der Waals surface area contributed by atoms with Crippen molar-refractivity contribution in [3.63, 3.8) is 0 Å². The van der Waals surface area contributed by atoms with Gasteiger partial charge in [0.2, 0.25) is 5.91 Å². The van der Waals surface area contributed by atoms with Crippen LogP contribution in [0.1, 0.15) is 29.9 Å². The van der Waals surface area contributed by atoms with Gasteiger partial charge >= 0.3 is 0 Å². The number of hydrogen-bond donors (Lipinski definition) is 1. The van der Waals surface area contributed by atoms with E-state index in [2.05, 4.69) is 6.07 Å². The highest BCUT2D eigenvalue weighted by Gasteiger charge is 2.36. The number of nitrogens with zero attached hydrogens (tertiary/aromatic N) is 2. The smallest absolute Gasteiger partial charge is 0.241 e. The number of carbonyl (C=O) groups is 1. The van der Waals surface area contributed by atoms with E-state index < -0.39 is 29.6 Å². The molecule has 0 radical (unpaired) electrons. The molecule has 0 spiro atoms. The van der Waals surface area contributed by atoms with Gasteiger partial charge in [-0.05, 0) is 48.2 Å². The first-order valence-corrected chi connectivity index (χ1v) is 8.48. The lowest BCUT2D eigenvalue weighted by atomic mass is 9.84. The minimum Gasteiger partial charge on any atom is -0.325 e. The molecular formula is C20H19F2N3O. The first-order chi connectivity index (χ1) is 12.5. The zero-order valence-electron chi connectivity index (χ0n) is 14.1. The molecule has 4 nitrogen and oxygen atoms in total. The molecule has 3 rings (SSSR count). The summed E-state index contributed by atoms with van der Waals surface area (Å²) in [6.07, 6.45) is 1.39. The van der Waals surface area contributed by atoms with Gasteiger partial charge < -0.3 is 10.6 Å². The van der Waals surface area contributed by atoms with Gasteiger partial charge in [-0.2, -0.15) is 5.26 Å². The molecule has 2 atom stereocenters. The lowest BCUT2D eigenvalue weighted by molar-refractivity contribution is -0.132. The van der Waals surface area contributed by atoms with Crippen molar-refractivity contribution in [3.8, 4) is 6.07 Å². The van der Waals surface area contributed by atoms with Crippen LogP contribution in [0.15, 0.2) is 48.5 Å². The van der Waals surface area contributed by atoms with Gasteiger partial charge in [0, 0.05) is 12.5 Å². The predicted octanol–water partition coefficient (Wildman–Crippen LogP) is 2.94. The Bertz CT molecular complexity index is 769. The standard InChI is InChI=1S/C20H19F2N3O/c21-15-7-3-13(4-8-15)18(14-5-9-16(22)10-6-14)19(24)20(26)25-11-1-2-17(25)12-23/h3-10,17-19H,1-2,11,24H2/t17-,19-/m0/s1. The van der Waals surface area contributed by atoms with Crippen molar-refractivity contribution < 1.29 is 13.6 Å². The summed E-state index contributed by atoms with van der Waals surface area (Å²) in [7, 11) is 0. The van der Waals surface area contributed by atoms with Gasteiger partial charge in [-0.3, -0.25) is 4.79 Å². The van der Waals surface area contributed by atoms with Crippen LogP contribution < -0.4 is 5.73 Å². The van der Waals surface area contributed by atoms with Crippen molar-refractivity contribution in [2.75, 3.05) is 6.54 Å². The molecule has 0 saturated carbocycles. The fourth-order valence-corrected chi connectivity index (χ4v) is 3.45. The molecule has 1 amide bonds. The van der Waals surface area contributed by atoms with E-state index in [-0.39, 0.29) is 5.91 Å². The Morgan fingerprint density at radius 3 is 2.04 bits per heavy atom. The Balaban J connectivity index is 1.97. The lowest BCUT2D eigenvalue weighted by Gasteiger charge is -2.29. The molecule has 2 aromatic carbocycles. The number of hydrogen-bond acceptors (Lipinski definition) is 3. The lowest BCUT2D eigenvalue weighted by Crippen LogP contribution is -2.48. The molecule has 0 bridgehead atoms. The Kier molecular flexibility index (Phi) is 5.29. The van der Waals surface area contributed by atoms with Crippen LogP contribution in [0.3, 0.4) is 0 Å². The molecule has 1 heterocycles. The van der Waals surface area contributed by atoms with Crippen molar-refractivity contribution in [1.29, 1.82) is 5.26 Å². The summed E-state index contributed by atoms with van der Waals surface area (Å²) in [6, 6.07) is 12.2. The first-order valence-electron chi connectivity index (χ1n) is 8.48. The van der Waals surface area contributed by atoms with E-state index >= 15 is 0 Å². The number of nitriles is 1. The van der Waals surface area contributed by atoms with E-state index in [9.17, 15) is 18.8 Å². The summed E-state index contributed by atoms with van der Waals surface area (Å²) in [6.45, 7) is 0.490. The largest absolute Gasteiger partial charge is 0.325 e. The van der Waals surface area contributed by atoms with Gasteiger partial charge in [-0.25, -0.2) is 8.78 Å². The van der Waals surface area contributed by atoms with Crippen molar-refractivity contribution in [2.45, 2.75) is 30.8 Å². The third kappa shape index (κ3) is 3.58. The maximum atomic E-state index is 13.3. The third-order valence-corrected chi connectivity index (χ3v) is 4.79. The summed E-state index contributed by atoms with van der Waals surface area (Å²) < 4.78 is 26.6. The van der Waals surface area contributed by atoms with Crippen LogP contribution in [0.2, 0.25) is 0 Å². The summed E-state index contributed by atoms with van der Waals surface area (Å²) in [4.78, 5) is 14.4. The average Bonchev–Trinajstić information content (AvgIpc) is 3.13. The zero-order chi connectivity index (χ0) is 18.7.